The van der Waals surface area contributed by atoms with Gasteiger partial charge in [0.1, 0.15) is 5.82 Å². The second kappa shape index (κ2) is 6.15. The van der Waals surface area contributed by atoms with Crippen molar-refractivity contribution < 1.29 is 14.2 Å². The number of halogens is 1. The van der Waals surface area contributed by atoms with E-state index in [1.807, 2.05) is 12.1 Å². The zero-order chi connectivity index (χ0) is 14.7. The van der Waals surface area contributed by atoms with Gasteiger partial charge in [0.25, 0.3) is 0 Å². The van der Waals surface area contributed by atoms with Crippen LogP contribution in [0.15, 0.2) is 24.4 Å². The number of fused-ring (bicyclic) bond motifs is 1. The van der Waals surface area contributed by atoms with Gasteiger partial charge in [0, 0.05) is 13.3 Å². The number of hydrogen-bond acceptors (Lipinski definition) is 6. The van der Waals surface area contributed by atoms with Gasteiger partial charge in [-0.05, 0) is 41.8 Å². The summed E-state index contributed by atoms with van der Waals surface area (Å²) in [5.74, 6) is 1.98. The summed E-state index contributed by atoms with van der Waals surface area (Å²) in [6.07, 6.45) is 2.37. The van der Waals surface area contributed by atoms with Crippen molar-refractivity contribution in [3.05, 3.63) is 35.2 Å². The van der Waals surface area contributed by atoms with Crippen molar-refractivity contribution in [2.45, 2.75) is 6.42 Å². The van der Waals surface area contributed by atoms with E-state index in [1.165, 1.54) is 0 Å². The molecule has 7 heteroatoms. The molecular formula is C14H14ClN3O3. The molecule has 1 aliphatic heterocycles. The fraction of sp³-hybridized carbons (Fsp3) is 0.286. The molecule has 2 aromatic rings. The molecule has 0 unspecified atom stereocenters. The third kappa shape index (κ3) is 3.17. The van der Waals surface area contributed by atoms with E-state index in [0.29, 0.717) is 23.9 Å². The SMILES string of the molecule is COCCc1cc(Nc2ccnc(Cl)n2)c2c(c1)OCO2. The Kier molecular flexibility index (Phi) is 4.08. The second-order valence-corrected chi connectivity index (χ2v) is 4.79. The van der Waals surface area contributed by atoms with Gasteiger partial charge in [-0.25, -0.2) is 9.97 Å². The quantitative estimate of drug-likeness (QED) is 0.857. The third-order valence-corrected chi connectivity index (χ3v) is 3.20. The van der Waals surface area contributed by atoms with Gasteiger partial charge in [0.05, 0.1) is 12.3 Å². The number of anilines is 2. The first-order chi connectivity index (χ1) is 10.3. The normalized spacial score (nSPS) is 12.5. The van der Waals surface area contributed by atoms with Gasteiger partial charge >= 0.3 is 0 Å². The van der Waals surface area contributed by atoms with E-state index in [-0.39, 0.29) is 12.1 Å². The highest BCUT2D eigenvalue weighted by Gasteiger charge is 2.19. The topological polar surface area (TPSA) is 65.5 Å². The molecule has 0 bridgehead atoms. The van der Waals surface area contributed by atoms with Crippen molar-refractivity contribution in [1.82, 2.24) is 9.97 Å². The van der Waals surface area contributed by atoms with Gasteiger partial charge in [-0.2, -0.15) is 0 Å². The fourth-order valence-corrected chi connectivity index (χ4v) is 2.21. The number of nitrogens with one attached hydrogen (secondary N) is 1. The molecule has 0 spiro atoms. The van der Waals surface area contributed by atoms with Crippen molar-refractivity contribution in [3.8, 4) is 11.5 Å². The lowest BCUT2D eigenvalue weighted by Gasteiger charge is -2.11. The van der Waals surface area contributed by atoms with Crippen LogP contribution in [0.4, 0.5) is 11.5 Å². The van der Waals surface area contributed by atoms with Crippen molar-refractivity contribution in [2.75, 3.05) is 25.8 Å². The van der Waals surface area contributed by atoms with E-state index < -0.39 is 0 Å². The largest absolute Gasteiger partial charge is 0.453 e. The highest BCUT2D eigenvalue weighted by molar-refractivity contribution is 6.28. The van der Waals surface area contributed by atoms with Crippen LogP contribution in [0.25, 0.3) is 0 Å². The van der Waals surface area contributed by atoms with E-state index in [9.17, 15) is 0 Å². The van der Waals surface area contributed by atoms with Crippen molar-refractivity contribution in [1.29, 1.82) is 0 Å². The standard InChI is InChI=1S/C14H14ClN3O3/c1-19-5-3-9-6-10(13-11(7-9)20-8-21-13)17-12-2-4-16-14(15)18-12/h2,4,6-7H,3,5,8H2,1H3,(H,16,17,18). The minimum atomic E-state index is 0.185. The zero-order valence-electron chi connectivity index (χ0n) is 11.4. The van der Waals surface area contributed by atoms with Crippen LogP contribution in [0.2, 0.25) is 5.28 Å². The molecule has 0 fully saturated rings. The predicted molar refractivity (Wildman–Crippen MR) is 78.5 cm³/mol. The number of hydrogen-bond donors (Lipinski definition) is 1. The van der Waals surface area contributed by atoms with Gasteiger partial charge in [-0.15, -0.1) is 0 Å². The van der Waals surface area contributed by atoms with Crippen LogP contribution >= 0.6 is 11.6 Å². The molecule has 6 nitrogen and oxygen atoms in total. The maximum Gasteiger partial charge on any atom is 0.231 e. The lowest BCUT2D eigenvalue weighted by molar-refractivity contribution is 0.174. The monoisotopic (exact) mass is 307 g/mol. The number of nitrogens with zero attached hydrogens (tertiary/aromatic N) is 2. The van der Waals surface area contributed by atoms with Crippen LogP contribution < -0.4 is 14.8 Å². The summed E-state index contributed by atoms with van der Waals surface area (Å²) < 4.78 is 16.1. The van der Waals surface area contributed by atoms with Gasteiger partial charge in [0.15, 0.2) is 11.5 Å². The average Bonchev–Trinajstić information content (AvgIpc) is 2.94. The van der Waals surface area contributed by atoms with Crippen LogP contribution in [-0.4, -0.2) is 30.5 Å². The highest BCUT2D eigenvalue weighted by atomic mass is 35.5. The van der Waals surface area contributed by atoms with Gasteiger partial charge in [-0.3, -0.25) is 0 Å². The molecule has 1 N–H and O–H groups in total. The minimum Gasteiger partial charge on any atom is -0.453 e. The highest BCUT2D eigenvalue weighted by Crippen LogP contribution is 2.41. The van der Waals surface area contributed by atoms with Crippen molar-refractivity contribution in [3.63, 3.8) is 0 Å². The van der Waals surface area contributed by atoms with Gasteiger partial charge in [-0.1, -0.05) is 0 Å². The van der Waals surface area contributed by atoms with Crippen LogP contribution in [-0.2, 0) is 11.2 Å². The smallest absolute Gasteiger partial charge is 0.231 e. The minimum absolute atomic E-state index is 0.185. The number of aromatic nitrogens is 2. The Morgan fingerprint density at radius 2 is 2.29 bits per heavy atom. The number of methoxy groups -OCH3 is 1. The number of ether oxygens (including phenoxy) is 3. The van der Waals surface area contributed by atoms with Crippen LogP contribution in [0.3, 0.4) is 0 Å². The zero-order valence-corrected chi connectivity index (χ0v) is 12.2. The van der Waals surface area contributed by atoms with E-state index in [4.69, 9.17) is 25.8 Å². The van der Waals surface area contributed by atoms with Crippen molar-refractivity contribution in [2.24, 2.45) is 0 Å². The third-order valence-electron chi connectivity index (χ3n) is 3.02. The Morgan fingerprint density at radius 1 is 1.38 bits per heavy atom. The van der Waals surface area contributed by atoms with Crippen LogP contribution in [0.5, 0.6) is 11.5 Å². The summed E-state index contributed by atoms with van der Waals surface area (Å²) in [6.45, 7) is 0.848. The fourth-order valence-electron chi connectivity index (χ4n) is 2.07. The summed E-state index contributed by atoms with van der Waals surface area (Å²) in [4.78, 5) is 7.96. The average molecular weight is 308 g/mol. The first-order valence-electron chi connectivity index (χ1n) is 6.43. The molecule has 110 valence electrons. The molecule has 1 aliphatic rings. The van der Waals surface area contributed by atoms with E-state index in [2.05, 4.69) is 15.3 Å². The van der Waals surface area contributed by atoms with E-state index in [0.717, 1.165) is 17.7 Å². The first-order valence-corrected chi connectivity index (χ1v) is 6.81. The number of benzene rings is 1. The van der Waals surface area contributed by atoms with E-state index in [1.54, 1.807) is 19.4 Å². The molecule has 1 aromatic carbocycles. The Labute approximate surface area is 127 Å². The Bertz CT molecular complexity index is 651. The molecule has 1 aromatic heterocycles. The van der Waals surface area contributed by atoms with E-state index >= 15 is 0 Å². The summed E-state index contributed by atoms with van der Waals surface area (Å²) >= 11 is 5.79. The summed E-state index contributed by atoms with van der Waals surface area (Å²) in [5, 5.41) is 3.37. The second-order valence-electron chi connectivity index (χ2n) is 4.46. The first kappa shape index (κ1) is 13.9. The lowest BCUT2D eigenvalue weighted by Crippen LogP contribution is -1.99. The lowest BCUT2D eigenvalue weighted by atomic mass is 10.1. The molecule has 0 amide bonds. The molecular weight excluding hydrogens is 294 g/mol. The Balaban J connectivity index is 1.91. The Hall–Kier alpha value is -2.05. The van der Waals surface area contributed by atoms with Gasteiger partial charge in [0.2, 0.25) is 12.1 Å². The molecule has 0 aliphatic carbocycles. The predicted octanol–water partition coefficient (Wildman–Crippen LogP) is 2.79. The summed E-state index contributed by atoms with van der Waals surface area (Å²) in [7, 11) is 1.68. The summed E-state index contributed by atoms with van der Waals surface area (Å²) in [6, 6.07) is 5.68. The van der Waals surface area contributed by atoms with Crippen LogP contribution in [0.1, 0.15) is 5.56 Å². The Morgan fingerprint density at radius 3 is 3.10 bits per heavy atom. The maximum absolute atomic E-state index is 5.79. The molecule has 2 heterocycles. The van der Waals surface area contributed by atoms with Gasteiger partial charge < -0.3 is 19.5 Å². The molecule has 0 saturated heterocycles. The summed E-state index contributed by atoms with van der Waals surface area (Å²) in [5.41, 5.74) is 1.87. The number of rotatable bonds is 5. The van der Waals surface area contributed by atoms with Crippen molar-refractivity contribution >= 4 is 23.1 Å². The van der Waals surface area contributed by atoms with Crippen LogP contribution in [0, 0.1) is 0 Å². The molecule has 21 heavy (non-hydrogen) atoms. The maximum atomic E-state index is 5.79. The molecule has 0 radical (unpaired) electrons. The molecule has 0 saturated carbocycles. The molecule has 0 atom stereocenters. The molecule has 3 rings (SSSR count).